The fraction of sp³-hybridized carbons (Fsp3) is 0.375. The number of alkyl halides is 3. The maximum Gasteiger partial charge on any atom is 0.409 e. The van der Waals surface area contributed by atoms with E-state index in [1.807, 2.05) is 16.3 Å². The van der Waals surface area contributed by atoms with Gasteiger partial charge in [0.15, 0.2) is 11.6 Å². The Bertz CT molecular complexity index is 2130. The van der Waals surface area contributed by atoms with E-state index in [1.54, 1.807) is 0 Å². The highest BCUT2D eigenvalue weighted by atomic mass is 35.5. The van der Waals surface area contributed by atoms with Crippen molar-refractivity contribution in [2.75, 3.05) is 43.1 Å². The first-order valence-corrected chi connectivity index (χ1v) is 16.4. The number of nitrogens with zero attached hydrogens (tertiary/aromatic N) is 5. The van der Waals surface area contributed by atoms with Crippen LogP contribution in [-0.2, 0) is 0 Å². The summed E-state index contributed by atoms with van der Waals surface area (Å²) in [5.41, 5.74) is -2.18. The van der Waals surface area contributed by atoms with Crippen molar-refractivity contribution in [2.45, 2.75) is 43.4 Å². The summed E-state index contributed by atoms with van der Waals surface area (Å²) in [5, 5.41) is 20.2. The second-order valence-corrected chi connectivity index (χ2v) is 13.6. The van der Waals surface area contributed by atoms with E-state index in [-0.39, 0.29) is 56.9 Å². The average molecular weight is 739 g/mol. The van der Waals surface area contributed by atoms with Crippen LogP contribution in [0.4, 0.5) is 42.0 Å². The molecule has 0 bridgehead atoms. The molecule has 2 fully saturated rings. The number of hydrogen-bond donors (Lipinski definition) is 2. The summed E-state index contributed by atoms with van der Waals surface area (Å²) in [6, 6.07) is 1.90. The fourth-order valence-corrected chi connectivity index (χ4v) is 8.63. The second kappa shape index (κ2) is 12.7. The summed E-state index contributed by atoms with van der Waals surface area (Å²) in [6.45, 7) is 2.30. The smallest absolute Gasteiger partial charge is 0.409 e. The van der Waals surface area contributed by atoms with Gasteiger partial charge in [-0.3, -0.25) is 10.2 Å². The van der Waals surface area contributed by atoms with Gasteiger partial charge in [0.05, 0.1) is 32.8 Å². The molecule has 4 aromatic rings. The first kappa shape index (κ1) is 33.9. The monoisotopic (exact) mass is 738 g/mol. The van der Waals surface area contributed by atoms with Crippen molar-refractivity contribution in [3.8, 4) is 29.0 Å². The van der Waals surface area contributed by atoms with Crippen LogP contribution < -0.4 is 19.7 Å². The molecule has 0 saturated carbocycles. The third-order valence-corrected chi connectivity index (χ3v) is 10.8. The molecule has 0 radical (unpaired) electrons. The first-order valence-electron chi connectivity index (χ1n) is 15.3. The van der Waals surface area contributed by atoms with Gasteiger partial charge >= 0.3 is 12.1 Å². The van der Waals surface area contributed by atoms with Crippen LogP contribution in [0.5, 0.6) is 11.8 Å². The molecule has 2 aromatic carbocycles. The molecule has 1 amide bonds. The molecule has 18 heteroatoms. The molecular weight excluding hydrogens is 714 g/mol. The average Bonchev–Trinajstić information content (AvgIpc) is 3.67. The van der Waals surface area contributed by atoms with Crippen molar-refractivity contribution in [1.82, 2.24) is 14.9 Å². The topological polar surface area (TPSA) is 124 Å². The van der Waals surface area contributed by atoms with Crippen LogP contribution in [0.15, 0.2) is 24.5 Å². The van der Waals surface area contributed by atoms with Crippen LogP contribution in [-0.4, -0.2) is 83.1 Å². The Hall–Kier alpha value is -4.53. The molecule has 3 aliphatic rings. The number of nitriles is 1. The van der Waals surface area contributed by atoms with E-state index >= 15 is 8.78 Å². The Morgan fingerprint density at radius 2 is 2.10 bits per heavy atom. The summed E-state index contributed by atoms with van der Waals surface area (Å²) in [6.07, 6.45) is -4.11. The van der Waals surface area contributed by atoms with Crippen LogP contribution in [0.3, 0.4) is 0 Å². The highest BCUT2D eigenvalue weighted by molar-refractivity contribution is 7.23. The number of nitrogens with one attached hydrogen (secondary N) is 1. The number of halogens is 7. The van der Waals surface area contributed by atoms with Crippen LogP contribution in [0, 0.1) is 23.0 Å². The molecule has 50 heavy (non-hydrogen) atoms. The molecule has 7 rings (SSSR count). The van der Waals surface area contributed by atoms with Crippen LogP contribution in [0.1, 0.15) is 24.8 Å². The van der Waals surface area contributed by atoms with Crippen molar-refractivity contribution in [2.24, 2.45) is 0 Å². The summed E-state index contributed by atoms with van der Waals surface area (Å²) >= 11 is 7.42. The maximum atomic E-state index is 17.1. The van der Waals surface area contributed by atoms with Gasteiger partial charge in [0.2, 0.25) is 0 Å². The summed E-state index contributed by atoms with van der Waals surface area (Å²) in [5.74, 6) is -3.81. The van der Waals surface area contributed by atoms with E-state index in [9.17, 15) is 32.7 Å². The number of carboxylic acid groups (broad SMARTS) is 1. The third kappa shape index (κ3) is 5.49. The lowest BCUT2D eigenvalue weighted by Crippen LogP contribution is -2.44. The van der Waals surface area contributed by atoms with E-state index in [4.69, 9.17) is 21.1 Å². The molecule has 0 aliphatic carbocycles. The molecule has 1 unspecified atom stereocenters. The Kier molecular flexibility index (Phi) is 8.59. The molecule has 2 aromatic heterocycles. The molecule has 0 spiro atoms. The van der Waals surface area contributed by atoms with Gasteiger partial charge in [-0.1, -0.05) is 24.2 Å². The number of ether oxygens (including phenoxy) is 2. The van der Waals surface area contributed by atoms with Crippen LogP contribution in [0.25, 0.3) is 32.1 Å². The summed E-state index contributed by atoms with van der Waals surface area (Å²) in [4.78, 5) is 22.9. The Labute approximate surface area is 288 Å². The number of thiophene rings is 1. The summed E-state index contributed by atoms with van der Waals surface area (Å²) in [7, 11) is 0. The highest BCUT2D eigenvalue weighted by Crippen LogP contribution is 2.52. The van der Waals surface area contributed by atoms with Crippen molar-refractivity contribution >= 4 is 60.8 Å². The summed E-state index contributed by atoms with van der Waals surface area (Å²) < 4.78 is 101. The van der Waals surface area contributed by atoms with Gasteiger partial charge in [-0.2, -0.15) is 15.2 Å². The fourth-order valence-electron chi connectivity index (χ4n) is 7.22. The standard InChI is InChI=1S/C32H25ClF6N6O4S/c1-13(34)18-11-48-26-22-25(24(39)21(23(26)33)15-3-4-17(36)27-20(15)16(8-40)29(50-27)43-31(46)47)41-30(42-28(22)45(18)10-19(37)38)49-12-32-5-2-6-44(32)9-14(35)7-32/h3-4,14,18-19,43H,1-2,5-7,9-12H2,(H,46,47)/t14-,18?,32+/m1/s1. The van der Waals surface area contributed by atoms with Crippen LogP contribution >= 0.6 is 22.9 Å². The van der Waals surface area contributed by atoms with Gasteiger partial charge in [0.1, 0.15) is 59.5 Å². The largest absolute Gasteiger partial charge is 0.489 e. The zero-order chi connectivity index (χ0) is 35.6. The predicted octanol–water partition coefficient (Wildman–Crippen LogP) is 7.68. The van der Waals surface area contributed by atoms with E-state index in [0.29, 0.717) is 24.3 Å². The first-order chi connectivity index (χ1) is 23.8. The highest BCUT2D eigenvalue weighted by Gasteiger charge is 2.49. The van der Waals surface area contributed by atoms with Crippen molar-refractivity contribution in [1.29, 1.82) is 5.26 Å². The van der Waals surface area contributed by atoms with Crippen molar-refractivity contribution < 1.29 is 45.7 Å². The van der Waals surface area contributed by atoms with Gasteiger partial charge in [-0.25, -0.2) is 31.1 Å². The van der Waals surface area contributed by atoms with Gasteiger partial charge in [-0.15, -0.1) is 11.3 Å². The predicted molar refractivity (Wildman–Crippen MR) is 173 cm³/mol. The number of carbonyl (C=O) groups is 1. The number of amides is 1. The van der Waals surface area contributed by atoms with Gasteiger partial charge in [0.25, 0.3) is 6.43 Å². The zero-order valence-corrected chi connectivity index (χ0v) is 27.3. The van der Waals surface area contributed by atoms with Gasteiger partial charge in [0, 0.05) is 23.9 Å². The lowest BCUT2D eigenvalue weighted by atomic mass is 9.95. The van der Waals surface area contributed by atoms with Gasteiger partial charge < -0.3 is 19.5 Å². The Morgan fingerprint density at radius 1 is 1.32 bits per heavy atom. The molecule has 2 saturated heterocycles. The van der Waals surface area contributed by atoms with E-state index in [0.717, 1.165) is 23.5 Å². The SMILES string of the molecule is C=C(F)C1COc2c(Cl)c(-c3ccc(F)c4sc(NC(=O)O)c(C#N)c34)c(F)c3nc(OC[C@@]45CCCN4C[C@H](F)C5)nc(c23)N1CC(F)F. The molecule has 3 aliphatic heterocycles. The van der Waals surface area contributed by atoms with Crippen LogP contribution in [0.2, 0.25) is 5.02 Å². The number of benzene rings is 2. The Balaban J connectivity index is 1.48. The van der Waals surface area contributed by atoms with E-state index in [1.165, 1.54) is 0 Å². The molecule has 2 N–H and O–H groups in total. The number of rotatable bonds is 8. The Morgan fingerprint density at radius 3 is 2.80 bits per heavy atom. The molecule has 3 atom stereocenters. The van der Waals surface area contributed by atoms with E-state index in [2.05, 4.69) is 16.5 Å². The minimum Gasteiger partial charge on any atom is -0.489 e. The molecule has 5 heterocycles. The number of hydrogen-bond acceptors (Lipinski definition) is 9. The molecule has 262 valence electrons. The normalized spacial score (nSPS) is 21.7. The number of aromatic nitrogens is 2. The minimum absolute atomic E-state index is 0.115. The quantitative estimate of drug-likeness (QED) is 0.175. The van der Waals surface area contributed by atoms with Crippen molar-refractivity contribution in [3.05, 3.63) is 46.8 Å². The molecular formula is C32H25ClF6N6O4S. The van der Waals surface area contributed by atoms with Gasteiger partial charge in [-0.05, 0) is 31.0 Å². The maximum absolute atomic E-state index is 17.1. The van der Waals surface area contributed by atoms with E-state index < -0.39 is 88.8 Å². The number of anilines is 2. The van der Waals surface area contributed by atoms with Crippen molar-refractivity contribution in [3.63, 3.8) is 0 Å². The minimum atomic E-state index is -3.03. The molecule has 10 nitrogen and oxygen atoms in total. The third-order valence-electron chi connectivity index (χ3n) is 9.30. The lowest BCUT2D eigenvalue weighted by molar-refractivity contribution is 0.107. The zero-order valence-electron chi connectivity index (χ0n) is 25.7. The number of fused-ring (bicyclic) bond motifs is 2. The lowest BCUT2D eigenvalue weighted by Gasteiger charge is -2.31. The second-order valence-electron chi connectivity index (χ2n) is 12.2.